The van der Waals surface area contributed by atoms with E-state index in [0.717, 1.165) is 33.6 Å². The molecule has 2 N–H and O–H groups in total. The molecule has 0 saturated carbocycles. The predicted octanol–water partition coefficient (Wildman–Crippen LogP) is 3.66. The summed E-state index contributed by atoms with van der Waals surface area (Å²) in [6.45, 7) is 1.91. The maximum atomic E-state index is 12.7. The molecule has 2 amide bonds. The zero-order valence-electron chi connectivity index (χ0n) is 16.4. The zero-order valence-corrected chi connectivity index (χ0v) is 18.0. The number of carbonyl (C=O) groups is 2. The van der Waals surface area contributed by atoms with Gasteiger partial charge in [-0.05, 0) is 43.2 Å². The van der Waals surface area contributed by atoms with Gasteiger partial charge < -0.3 is 5.32 Å². The molecule has 0 fully saturated rings. The standard InChI is InChI=1S/C21H19N3O4S2/c1-12-19(14-7-9-16-13(11-14)8-10-18(25)22-16)23-21(29-12)24-20(26)15-5-3-4-6-17(15)30(2,27)28/h3-7,9,11H,8,10H2,1-2H3,(H,22,25)(H,23,24,26). The molecule has 0 saturated heterocycles. The number of nitrogens with zero attached hydrogens (tertiary/aromatic N) is 1. The average molecular weight is 442 g/mol. The van der Waals surface area contributed by atoms with Gasteiger partial charge in [-0.15, -0.1) is 11.3 Å². The van der Waals surface area contributed by atoms with Crippen molar-refractivity contribution >= 4 is 43.8 Å². The minimum absolute atomic E-state index is 0.0134. The molecule has 2 heterocycles. The minimum Gasteiger partial charge on any atom is -0.326 e. The molecule has 9 heteroatoms. The highest BCUT2D eigenvalue weighted by Crippen LogP contribution is 2.34. The first kappa shape index (κ1) is 20.2. The number of rotatable bonds is 4. The third kappa shape index (κ3) is 3.99. The summed E-state index contributed by atoms with van der Waals surface area (Å²) in [6, 6.07) is 11.8. The zero-order chi connectivity index (χ0) is 21.5. The van der Waals surface area contributed by atoms with Crippen LogP contribution < -0.4 is 10.6 Å². The lowest BCUT2D eigenvalue weighted by Gasteiger charge is -2.17. The van der Waals surface area contributed by atoms with Crippen LogP contribution in [0.4, 0.5) is 10.8 Å². The van der Waals surface area contributed by atoms with Gasteiger partial charge in [0.15, 0.2) is 15.0 Å². The van der Waals surface area contributed by atoms with Crippen LogP contribution in [0.5, 0.6) is 0 Å². The molecule has 0 bridgehead atoms. The molecule has 4 rings (SSSR count). The molecule has 2 aromatic carbocycles. The predicted molar refractivity (Wildman–Crippen MR) is 117 cm³/mol. The van der Waals surface area contributed by atoms with E-state index in [1.54, 1.807) is 12.1 Å². The second kappa shape index (κ2) is 7.66. The van der Waals surface area contributed by atoms with Crippen molar-refractivity contribution in [3.63, 3.8) is 0 Å². The van der Waals surface area contributed by atoms with Gasteiger partial charge in [-0.1, -0.05) is 18.2 Å². The molecule has 0 radical (unpaired) electrons. The smallest absolute Gasteiger partial charge is 0.258 e. The Labute approximate surface area is 178 Å². The Bertz CT molecular complexity index is 1280. The quantitative estimate of drug-likeness (QED) is 0.643. The number of amides is 2. The van der Waals surface area contributed by atoms with Crippen LogP contribution in [0.1, 0.15) is 27.2 Å². The Morgan fingerprint density at radius 2 is 1.93 bits per heavy atom. The number of sulfone groups is 1. The first-order valence-corrected chi connectivity index (χ1v) is 11.9. The molecule has 3 aromatic rings. The third-order valence-electron chi connectivity index (χ3n) is 4.82. The van der Waals surface area contributed by atoms with Gasteiger partial charge in [-0.3, -0.25) is 14.9 Å². The number of hydrogen-bond acceptors (Lipinski definition) is 6. The van der Waals surface area contributed by atoms with Crippen molar-refractivity contribution in [3.8, 4) is 11.3 Å². The summed E-state index contributed by atoms with van der Waals surface area (Å²) in [7, 11) is -3.54. The van der Waals surface area contributed by atoms with E-state index in [4.69, 9.17) is 0 Å². The highest BCUT2D eigenvalue weighted by atomic mass is 32.2. The molecule has 7 nitrogen and oxygen atoms in total. The number of benzene rings is 2. The summed E-state index contributed by atoms with van der Waals surface area (Å²) in [5.74, 6) is -0.510. The van der Waals surface area contributed by atoms with Gasteiger partial charge in [-0.2, -0.15) is 0 Å². The molecule has 0 unspecified atom stereocenters. The van der Waals surface area contributed by atoms with Gasteiger partial charge in [0, 0.05) is 28.8 Å². The molecular weight excluding hydrogens is 422 g/mol. The normalized spacial score (nSPS) is 13.5. The molecule has 154 valence electrons. The van der Waals surface area contributed by atoms with Crippen molar-refractivity contribution in [1.29, 1.82) is 0 Å². The Morgan fingerprint density at radius 1 is 1.17 bits per heavy atom. The number of aromatic nitrogens is 1. The van der Waals surface area contributed by atoms with E-state index in [1.807, 2.05) is 25.1 Å². The van der Waals surface area contributed by atoms with Crippen molar-refractivity contribution in [3.05, 3.63) is 58.5 Å². The number of hydrogen-bond donors (Lipinski definition) is 2. The molecule has 0 spiro atoms. The van der Waals surface area contributed by atoms with E-state index in [9.17, 15) is 18.0 Å². The van der Waals surface area contributed by atoms with Gasteiger partial charge in [0.2, 0.25) is 5.91 Å². The van der Waals surface area contributed by atoms with Gasteiger partial charge in [0.1, 0.15) is 0 Å². The first-order valence-electron chi connectivity index (χ1n) is 9.23. The van der Waals surface area contributed by atoms with Crippen molar-refractivity contribution in [2.75, 3.05) is 16.9 Å². The van der Waals surface area contributed by atoms with Gasteiger partial charge >= 0.3 is 0 Å². The highest BCUT2D eigenvalue weighted by Gasteiger charge is 2.21. The van der Waals surface area contributed by atoms with E-state index in [2.05, 4.69) is 15.6 Å². The van der Waals surface area contributed by atoms with Gasteiger partial charge in [0.05, 0.1) is 16.2 Å². The lowest BCUT2D eigenvalue weighted by Crippen LogP contribution is -2.18. The number of fused-ring (bicyclic) bond motifs is 1. The fraction of sp³-hybridized carbons (Fsp3) is 0.190. The van der Waals surface area contributed by atoms with Crippen LogP contribution in [0.25, 0.3) is 11.3 Å². The molecular formula is C21H19N3O4S2. The third-order valence-corrected chi connectivity index (χ3v) is 6.86. The largest absolute Gasteiger partial charge is 0.326 e. The molecule has 30 heavy (non-hydrogen) atoms. The molecule has 1 aliphatic rings. The Kier molecular flexibility index (Phi) is 5.17. The summed E-state index contributed by atoms with van der Waals surface area (Å²) in [5.41, 5.74) is 3.59. The summed E-state index contributed by atoms with van der Waals surface area (Å²) in [4.78, 5) is 29.7. The van der Waals surface area contributed by atoms with Crippen molar-refractivity contribution < 1.29 is 18.0 Å². The maximum absolute atomic E-state index is 12.7. The number of carbonyl (C=O) groups excluding carboxylic acids is 2. The Hall–Kier alpha value is -3.04. The number of anilines is 2. The first-order chi connectivity index (χ1) is 14.2. The topological polar surface area (TPSA) is 105 Å². The van der Waals surface area contributed by atoms with E-state index < -0.39 is 15.7 Å². The number of nitrogens with one attached hydrogen (secondary N) is 2. The Balaban J connectivity index is 1.62. The van der Waals surface area contributed by atoms with Crippen molar-refractivity contribution in [2.24, 2.45) is 0 Å². The van der Waals surface area contributed by atoms with E-state index in [-0.39, 0.29) is 16.4 Å². The second-order valence-corrected chi connectivity index (χ2v) is 10.3. The molecule has 1 aliphatic heterocycles. The molecule has 0 atom stereocenters. The molecule has 1 aromatic heterocycles. The summed E-state index contributed by atoms with van der Waals surface area (Å²) >= 11 is 1.32. The average Bonchev–Trinajstić information content (AvgIpc) is 3.07. The SMILES string of the molecule is Cc1sc(NC(=O)c2ccccc2S(C)(=O)=O)nc1-c1ccc2c(c1)CCC(=O)N2. The van der Waals surface area contributed by atoms with E-state index in [0.29, 0.717) is 18.0 Å². The fourth-order valence-corrected chi connectivity index (χ4v) is 5.11. The van der Waals surface area contributed by atoms with Crippen LogP contribution in [0.2, 0.25) is 0 Å². The van der Waals surface area contributed by atoms with Crippen LogP contribution in [0, 0.1) is 6.92 Å². The van der Waals surface area contributed by atoms with Crippen LogP contribution >= 0.6 is 11.3 Å². The number of aryl methyl sites for hydroxylation is 2. The van der Waals surface area contributed by atoms with Gasteiger partial charge in [0.25, 0.3) is 5.91 Å². The maximum Gasteiger partial charge on any atom is 0.258 e. The van der Waals surface area contributed by atoms with E-state index >= 15 is 0 Å². The summed E-state index contributed by atoms with van der Waals surface area (Å²) in [6.07, 6.45) is 2.20. The van der Waals surface area contributed by atoms with Crippen molar-refractivity contribution in [2.45, 2.75) is 24.7 Å². The van der Waals surface area contributed by atoms with Crippen molar-refractivity contribution in [1.82, 2.24) is 4.98 Å². The van der Waals surface area contributed by atoms with Crippen LogP contribution in [-0.4, -0.2) is 31.5 Å². The summed E-state index contributed by atoms with van der Waals surface area (Å²) < 4.78 is 23.9. The lowest BCUT2D eigenvalue weighted by atomic mass is 9.99. The van der Waals surface area contributed by atoms with Crippen LogP contribution in [-0.2, 0) is 21.1 Å². The van der Waals surface area contributed by atoms with Crippen LogP contribution in [0.15, 0.2) is 47.4 Å². The monoisotopic (exact) mass is 441 g/mol. The van der Waals surface area contributed by atoms with Gasteiger partial charge in [-0.25, -0.2) is 13.4 Å². The fourth-order valence-electron chi connectivity index (χ4n) is 3.39. The Morgan fingerprint density at radius 3 is 2.70 bits per heavy atom. The second-order valence-electron chi connectivity index (χ2n) is 7.07. The highest BCUT2D eigenvalue weighted by molar-refractivity contribution is 7.90. The van der Waals surface area contributed by atoms with Crippen LogP contribution in [0.3, 0.4) is 0 Å². The number of thiazole rings is 1. The van der Waals surface area contributed by atoms with E-state index in [1.165, 1.54) is 23.5 Å². The summed E-state index contributed by atoms with van der Waals surface area (Å²) in [5, 5.41) is 5.96. The minimum atomic E-state index is -3.54. The molecule has 0 aliphatic carbocycles. The lowest BCUT2D eigenvalue weighted by molar-refractivity contribution is -0.116.